The number of nitrogens with one attached hydrogen (secondary N) is 1. The number of methoxy groups -OCH3 is 1. The number of carbonyl (C=O) groups is 1. The first-order chi connectivity index (χ1) is 13.1. The van der Waals surface area contributed by atoms with E-state index in [-0.39, 0.29) is 17.5 Å². The molecule has 1 amide bonds. The van der Waals surface area contributed by atoms with Crippen LogP contribution < -0.4 is 10.9 Å². The number of aryl methyl sites for hydroxylation is 1. The number of rotatable bonds is 5. The second-order valence-corrected chi connectivity index (χ2v) is 7.24. The van der Waals surface area contributed by atoms with Crippen molar-refractivity contribution in [2.45, 2.75) is 31.7 Å². The van der Waals surface area contributed by atoms with Gasteiger partial charge in [-0.2, -0.15) is 0 Å². The van der Waals surface area contributed by atoms with Crippen LogP contribution in [0.4, 0.5) is 0 Å². The molecule has 0 unspecified atom stereocenters. The molecule has 0 atom stereocenters. The molecule has 6 nitrogen and oxygen atoms in total. The highest BCUT2D eigenvalue weighted by Crippen LogP contribution is 2.32. The molecule has 0 spiro atoms. The van der Waals surface area contributed by atoms with Gasteiger partial charge in [0.05, 0.1) is 12.2 Å². The van der Waals surface area contributed by atoms with Gasteiger partial charge in [-0.25, -0.2) is 0 Å². The molecule has 1 saturated carbocycles. The van der Waals surface area contributed by atoms with Crippen molar-refractivity contribution in [2.75, 3.05) is 20.3 Å². The summed E-state index contributed by atoms with van der Waals surface area (Å²) in [5, 5.41) is 4.59. The molecule has 0 aliphatic heterocycles. The van der Waals surface area contributed by atoms with Crippen LogP contribution in [0, 0.1) is 0 Å². The minimum atomic E-state index is -0.167. The lowest BCUT2D eigenvalue weighted by molar-refractivity contribution is 0.0938. The Morgan fingerprint density at radius 1 is 1.26 bits per heavy atom. The van der Waals surface area contributed by atoms with E-state index in [2.05, 4.69) is 5.32 Å². The zero-order valence-electron chi connectivity index (χ0n) is 15.8. The van der Waals surface area contributed by atoms with Gasteiger partial charge in [0.2, 0.25) is 0 Å². The van der Waals surface area contributed by atoms with Gasteiger partial charge in [0.25, 0.3) is 11.5 Å². The molecule has 0 bridgehead atoms. The predicted molar refractivity (Wildman–Crippen MR) is 106 cm³/mol. The van der Waals surface area contributed by atoms with E-state index in [9.17, 15) is 9.59 Å². The standard InChI is InChI=1S/C21H25N3O3/c1-23-17-10-6-5-9-15(17)18-16(20(25)22-11-12-27-2)13-24(21(26)19(18)23)14-7-3-4-8-14/h5-6,9-10,13-14H,3-4,7-8,11-12H2,1-2H3,(H,22,25). The van der Waals surface area contributed by atoms with E-state index in [0.29, 0.717) is 24.2 Å². The van der Waals surface area contributed by atoms with Gasteiger partial charge in [0.15, 0.2) is 0 Å². The van der Waals surface area contributed by atoms with Gasteiger partial charge in [-0.05, 0) is 18.9 Å². The Morgan fingerprint density at radius 3 is 2.74 bits per heavy atom. The van der Waals surface area contributed by atoms with Crippen LogP contribution >= 0.6 is 0 Å². The number of aromatic nitrogens is 2. The number of pyridine rings is 1. The van der Waals surface area contributed by atoms with Gasteiger partial charge in [0, 0.05) is 49.2 Å². The highest BCUT2D eigenvalue weighted by Gasteiger charge is 2.25. The van der Waals surface area contributed by atoms with Crippen LogP contribution in [0.1, 0.15) is 42.1 Å². The average Bonchev–Trinajstić information content (AvgIpc) is 3.30. The van der Waals surface area contributed by atoms with Crippen molar-refractivity contribution in [1.29, 1.82) is 0 Å². The largest absolute Gasteiger partial charge is 0.383 e. The second kappa shape index (κ2) is 7.19. The van der Waals surface area contributed by atoms with E-state index in [0.717, 1.165) is 42.0 Å². The third-order valence-electron chi connectivity index (χ3n) is 5.64. The van der Waals surface area contributed by atoms with E-state index >= 15 is 0 Å². The molecule has 2 heterocycles. The van der Waals surface area contributed by atoms with E-state index in [4.69, 9.17) is 4.74 Å². The van der Waals surface area contributed by atoms with E-state index in [1.54, 1.807) is 17.9 Å². The molecule has 1 N–H and O–H groups in total. The molecule has 1 aromatic carbocycles. The molecule has 1 aliphatic carbocycles. The predicted octanol–water partition coefficient (Wildman–Crippen LogP) is 2.98. The molecule has 142 valence electrons. The lowest BCUT2D eigenvalue weighted by Crippen LogP contribution is -2.31. The zero-order valence-corrected chi connectivity index (χ0v) is 15.8. The highest BCUT2D eigenvalue weighted by molar-refractivity contribution is 6.17. The molecule has 2 aromatic heterocycles. The maximum atomic E-state index is 13.3. The highest BCUT2D eigenvalue weighted by atomic mass is 16.5. The molecular formula is C21H25N3O3. The van der Waals surface area contributed by atoms with Gasteiger partial charge < -0.3 is 19.2 Å². The molecule has 1 fully saturated rings. The third kappa shape index (κ3) is 2.94. The topological polar surface area (TPSA) is 65.3 Å². The molecular weight excluding hydrogens is 342 g/mol. The summed E-state index contributed by atoms with van der Waals surface area (Å²) in [4.78, 5) is 26.3. The minimum Gasteiger partial charge on any atom is -0.383 e. The lowest BCUT2D eigenvalue weighted by Gasteiger charge is -2.16. The van der Waals surface area contributed by atoms with Gasteiger partial charge >= 0.3 is 0 Å². The summed E-state index contributed by atoms with van der Waals surface area (Å²) in [6.07, 6.45) is 5.99. The maximum absolute atomic E-state index is 13.3. The molecule has 1 aliphatic rings. The Morgan fingerprint density at radius 2 is 2.00 bits per heavy atom. The van der Waals surface area contributed by atoms with Crippen molar-refractivity contribution < 1.29 is 9.53 Å². The average molecular weight is 367 g/mol. The smallest absolute Gasteiger partial charge is 0.275 e. The Bertz CT molecular complexity index is 1060. The van der Waals surface area contributed by atoms with Crippen LogP contribution in [-0.4, -0.2) is 35.3 Å². The summed E-state index contributed by atoms with van der Waals surface area (Å²) < 4.78 is 8.75. The Hall–Kier alpha value is -2.60. The summed E-state index contributed by atoms with van der Waals surface area (Å²) in [7, 11) is 3.51. The molecule has 0 saturated heterocycles. The maximum Gasteiger partial charge on any atom is 0.275 e. The van der Waals surface area contributed by atoms with Crippen molar-refractivity contribution in [3.8, 4) is 0 Å². The van der Waals surface area contributed by atoms with E-state index < -0.39 is 0 Å². The van der Waals surface area contributed by atoms with E-state index in [1.807, 2.05) is 35.9 Å². The van der Waals surface area contributed by atoms with Gasteiger partial charge in [-0.1, -0.05) is 31.0 Å². The Kier molecular flexibility index (Phi) is 4.74. The number of ether oxygens (including phenoxy) is 1. The number of hydrogen-bond donors (Lipinski definition) is 1. The number of nitrogens with zero attached hydrogens (tertiary/aromatic N) is 2. The number of hydrogen-bond acceptors (Lipinski definition) is 3. The molecule has 4 rings (SSSR count). The number of benzene rings is 1. The SMILES string of the molecule is COCCNC(=O)c1cn(C2CCCC2)c(=O)c2c1c1ccccc1n2C. The van der Waals surface area contributed by atoms with Crippen LogP contribution in [0.3, 0.4) is 0 Å². The van der Waals surface area contributed by atoms with Crippen molar-refractivity contribution in [3.05, 3.63) is 46.4 Å². The monoisotopic (exact) mass is 367 g/mol. The van der Waals surface area contributed by atoms with Crippen LogP contribution in [0.5, 0.6) is 0 Å². The van der Waals surface area contributed by atoms with Crippen molar-refractivity contribution >= 4 is 27.7 Å². The third-order valence-corrected chi connectivity index (χ3v) is 5.64. The first-order valence-corrected chi connectivity index (χ1v) is 9.53. The fourth-order valence-electron chi connectivity index (χ4n) is 4.29. The quantitative estimate of drug-likeness (QED) is 0.705. The summed E-state index contributed by atoms with van der Waals surface area (Å²) in [5.74, 6) is -0.167. The van der Waals surface area contributed by atoms with Crippen molar-refractivity contribution in [2.24, 2.45) is 7.05 Å². The summed E-state index contributed by atoms with van der Waals surface area (Å²) >= 11 is 0. The molecule has 6 heteroatoms. The van der Waals surface area contributed by atoms with E-state index in [1.165, 1.54) is 0 Å². The van der Waals surface area contributed by atoms with Gasteiger partial charge in [0.1, 0.15) is 5.52 Å². The summed E-state index contributed by atoms with van der Waals surface area (Å²) in [6, 6.07) is 8.03. The number of fused-ring (bicyclic) bond motifs is 3. The fraction of sp³-hybridized carbons (Fsp3) is 0.429. The first-order valence-electron chi connectivity index (χ1n) is 9.53. The normalized spacial score (nSPS) is 15.0. The number of amides is 1. The first kappa shape index (κ1) is 17.8. The van der Waals surface area contributed by atoms with Crippen molar-refractivity contribution in [1.82, 2.24) is 14.5 Å². The van der Waals surface area contributed by atoms with Crippen LogP contribution in [0.25, 0.3) is 21.8 Å². The van der Waals surface area contributed by atoms with Crippen molar-refractivity contribution in [3.63, 3.8) is 0 Å². The van der Waals surface area contributed by atoms with Crippen LogP contribution in [0.15, 0.2) is 35.3 Å². The molecule has 0 radical (unpaired) electrons. The van der Waals surface area contributed by atoms with Gasteiger partial charge in [-0.15, -0.1) is 0 Å². The summed E-state index contributed by atoms with van der Waals surface area (Å²) in [5.41, 5.74) is 2.11. The fourth-order valence-corrected chi connectivity index (χ4v) is 4.29. The Balaban J connectivity index is 1.98. The minimum absolute atomic E-state index is 0.0101. The lowest BCUT2D eigenvalue weighted by atomic mass is 10.1. The van der Waals surface area contributed by atoms with Gasteiger partial charge in [-0.3, -0.25) is 9.59 Å². The second-order valence-electron chi connectivity index (χ2n) is 7.24. The summed E-state index contributed by atoms with van der Waals surface area (Å²) in [6.45, 7) is 0.886. The van der Waals surface area contributed by atoms with Crippen LogP contribution in [0.2, 0.25) is 0 Å². The van der Waals surface area contributed by atoms with Crippen LogP contribution in [-0.2, 0) is 11.8 Å². The molecule has 27 heavy (non-hydrogen) atoms. The zero-order chi connectivity index (χ0) is 19.0. The Labute approximate surface area is 157 Å². The molecule has 3 aromatic rings. The number of para-hydroxylation sites is 1. The number of carbonyl (C=O) groups excluding carboxylic acids is 1.